The molecule has 0 bridgehead atoms. The van der Waals surface area contributed by atoms with E-state index in [9.17, 15) is 0 Å². The van der Waals surface area contributed by atoms with Gasteiger partial charge in [-0.05, 0) is 31.5 Å². The van der Waals surface area contributed by atoms with Gasteiger partial charge in [0, 0.05) is 19.1 Å². The Morgan fingerprint density at radius 1 is 1.50 bits per heavy atom. The molecular formula is C14H18ClN3. The lowest BCUT2D eigenvalue weighted by molar-refractivity contribution is 0.289. The molecule has 1 saturated carbocycles. The maximum absolute atomic E-state index is 9.07. The number of nitrogens with zero attached hydrogens (tertiary/aromatic N) is 2. The van der Waals surface area contributed by atoms with Crippen LogP contribution in [0.5, 0.6) is 0 Å². The average Bonchev–Trinajstić information content (AvgIpc) is 3.19. The largest absolute Gasteiger partial charge is 0.383 e. The van der Waals surface area contributed by atoms with Crippen LogP contribution in [0.15, 0.2) is 18.2 Å². The molecule has 0 saturated heterocycles. The van der Waals surface area contributed by atoms with Gasteiger partial charge in [0.1, 0.15) is 6.07 Å². The Bertz CT molecular complexity index is 449. The molecule has 0 atom stereocenters. The second kappa shape index (κ2) is 6.08. The quantitative estimate of drug-likeness (QED) is 0.857. The summed E-state index contributed by atoms with van der Waals surface area (Å²) in [5.41, 5.74) is 1.37. The Balaban J connectivity index is 1.90. The molecule has 18 heavy (non-hydrogen) atoms. The van der Waals surface area contributed by atoms with Crippen LogP contribution in [-0.4, -0.2) is 30.6 Å². The van der Waals surface area contributed by atoms with E-state index in [1.54, 1.807) is 6.07 Å². The Labute approximate surface area is 113 Å². The standard InChI is InChI=1S/C14H18ClN3/c1-2-18(11-6-7-11)9-8-17-14-5-3-4-13(15)12(14)10-16/h3-5,11,17H,2,6-9H2,1H3. The van der Waals surface area contributed by atoms with E-state index in [4.69, 9.17) is 16.9 Å². The van der Waals surface area contributed by atoms with Crippen molar-refractivity contribution in [2.45, 2.75) is 25.8 Å². The molecule has 0 radical (unpaired) electrons. The van der Waals surface area contributed by atoms with Gasteiger partial charge in [0.05, 0.1) is 16.3 Å². The summed E-state index contributed by atoms with van der Waals surface area (Å²) in [6, 6.07) is 8.44. The van der Waals surface area contributed by atoms with Crippen LogP contribution < -0.4 is 5.32 Å². The molecule has 1 aromatic rings. The average molecular weight is 264 g/mol. The molecule has 0 amide bonds. The summed E-state index contributed by atoms with van der Waals surface area (Å²) in [5.74, 6) is 0. The first kappa shape index (κ1) is 13.2. The highest BCUT2D eigenvalue weighted by molar-refractivity contribution is 6.32. The van der Waals surface area contributed by atoms with Crippen LogP contribution in [-0.2, 0) is 0 Å². The summed E-state index contributed by atoms with van der Waals surface area (Å²) < 4.78 is 0. The van der Waals surface area contributed by atoms with Crippen molar-refractivity contribution in [1.82, 2.24) is 4.90 Å². The molecule has 0 aromatic heterocycles. The van der Waals surface area contributed by atoms with Crippen molar-refractivity contribution in [3.63, 3.8) is 0 Å². The summed E-state index contributed by atoms with van der Waals surface area (Å²) in [4.78, 5) is 2.48. The van der Waals surface area contributed by atoms with Crippen molar-refractivity contribution >= 4 is 17.3 Å². The highest BCUT2D eigenvalue weighted by Gasteiger charge is 2.27. The second-order valence-electron chi connectivity index (χ2n) is 4.56. The van der Waals surface area contributed by atoms with Crippen molar-refractivity contribution < 1.29 is 0 Å². The third-order valence-electron chi connectivity index (χ3n) is 3.31. The van der Waals surface area contributed by atoms with Gasteiger partial charge >= 0.3 is 0 Å². The van der Waals surface area contributed by atoms with Crippen molar-refractivity contribution in [2.24, 2.45) is 0 Å². The molecule has 0 heterocycles. The summed E-state index contributed by atoms with van der Waals surface area (Å²) in [6.45, 7) is 5.14. The molecule has 4 heteroatoms. The fraction of sp³-hybridized carbons (Fsp3) is 0.500. The van der Waals surface area contributed by atoms with Gasteiger partial charge in [0.2, 0.25) is 0 Å². The van der Waals surface area contributed by atoms with Gasteiger partial charge in [0.15, 0.2) is 0 Å². The molecule has 0 spiro atoms. The van der Waals surface area contributed by atoms with Crippen LogP contribution in [0.4, 0.5) is 5.69 Å². The van der Waals surface area contributed by atoms with Crippen LogP contribution in [0.25, 0.3) is 0 Å². The van der Waals surface area contributed by atoms with E-state index >= 15 is 0 Å². The molecule has 2 rings (SSSR count). The fourth-order valence-corrected chi connectivity index (χ4v) is 2.37. The molecule has 1 aliphatic rings. The molecule has 3 nitrogen and oxygen atoms in total. The van der Waals surface area contributed by atoms with Crippen LogP contribution in [0, 0.1) is 11.3 Å². The molecule has 96 valence electrons. The second-order valence-corrected chi connectivity index (χ2v) is 4.97. The lowest BCUT2D eigenvalue weighted by atomic mass is 10.2. The maximum atomic E-state index is 9.07. The van der Waals surface area contributed by atoms with Crippen molar-refractivity contribution in [3.8, 4) is 6.07 Å². The molecule has 1 fully saturated rings. The van der Waals surface area contributed by atoms with Crippen molar-refractivity contribution in [1.29, 1.82) is 5.26 Å². The zero-order valence-corrected chi connectivity index (χ0v) is 11.4. The Morgan fingerprint density at radius 3 is 2.89 bits per heavy atom. The molecule has 1 N–H and O–H groups in total. The van der Waals surface area contributed by atoms with Crippen LogP contribution in [0.3, 0.4) is 0 Å². The number of likely N-dealkylation sites (N-methyl/N-ethyl adjacent to an activating group) is 1. The van der Waals surface area contributed by atoms with Gasteiger partial charge in [-0.25, -0.2) is 0 Å². The van der Waals surface area contributed by atoms with Gasteiger partial charge in [-0.2, -0.15) is 5.26 Å². The Kier molecular flexibility index (Phi) is 4.46. The van der Waals surface area contributed by atoms with Gasteiger partial charge < -0.3 is 5.32 Å². The van der Waals surface area contributed by atoms with Crippen LogP contribution in [0.2, 0.25) is 5.02 Å². The summed E-state index contributed by atoms with van der Waals surface area (Å²) in [6.07, 6.45) is 2.66. The van der Waals surface area contributed by atoms with Gasteiger partial charge in [-0.1, -0.05) is 24.6 Å². The molecule has 0 unspecified atom stereocenters. The normalized spacial score (nSPS) is 14.6. The zero-order chi connectivity index (χ0) is 13.0. The maximum Gasteiger partial charge on any atom is 0.103 e. The predicted octanol–water partition coefficient (Wildman–Crippen LogP) is 3.11. The minimum Gasteiger partial charge on any atom is -0.383 e. The van der Waals surface area contributed by atoms with Crippen LogP contribution in [0.1, 0.15) is 25.3 Å². The summed E-state index contributed by atoms with van der Waals surface area (Å²) in [5, 5.41) is 12.9. The molecule has 1 aliphatic carbocycles. The molecule has 0 aliphatic heterocycles. The number of nitriles is 1. The number of anilines is 1. The van der Waals surface area contributed by atoms with Gasteiger partial charge in [0.25, 0.3) is 0 Å². The molecular weight excluding hydrogens is 246 g/mol. The van der Waals surface area contributed by atoms with E-state index in [1.807, 2.05) is 12.1 Å². The van der Waals surface area contributed by atoms with E-state index in [1.165, 1.54) is 12.8 Å². The SMILES string of the molecule is CCN(CCNc1cccc(Cl)c1C#N)C1CC1. The number of hydrogen-bond donors (Lipinski definition) is 1. The number of nitrogens with one attached hydrogen (secondary N) is 1. The van der Waals surface area contributed by atoms with Crippen LogP contribution >= 0.6 is 11.6 Å². The van der Waals surface area contributed by atoms with Gasteiger partial charge in [-0.3, -0.25) is 4.90 Å². The summed E-state index contributed by atoms with van der Waals surface area (Å²) >= 11 is 5.99. The topological polar surface area (TPSA) is 39.1 Å². The van der Waals surface area contributed by atoms with E-state index in [0.717, 1.165) is 31.4 Å². The number of rotatable bonds is 6. The number of halogens is 1. The Hall–Kier alpha value is -1.24. The minimum absolute atomic E-state index is 0.511. The highest BCUT2D eigenvalue weighted by atomic mass is 35.5. The van der Waals surface area contributed by atoms with E-state index in [0.29, 0.717) is 10.6 Å². The third-order valence-corrected chi connectivity index (χ3v) is 3.62. The smallest absolute Gasteiger partial charge is 0.103 e. The first-order valence-electron chi connectivity index (χ1n) is 6.42. The highest BCUT2D eigenvalue weighted by Crippen LogP contribution is 2.26. The molecule has 1 aromatic carbocycles. The number of benzene rings is 1. The van der Waals surface area contributed by atoms with E-state index in [2.05, 4.69) is 23.2 Å². The minimum atomic E-state index is 0.511. The lowest BCUT2D eigenvalue weighted by Gasteiger charge is -2.20. The van der Waals surface area contributed by atoms with E-state index < -0.39 is 0 Å². The number of hydrogen-bond acceptors (Lipinski definition) is 3. The van der Waals surface area contributed by atoms with Crippen molar-refractivity contribution in [2.75, 3.05) is 25.0 Å². The predicted molar refractivity (Wildman–Crippen MR) is 74.9 cm³/mol. The first-order valence-corrected chi connectivity index (χ1v) is 6.80. The van der Waals surface area contributed by atoms with Crippen molar-refractivity contribution in [3.05, 3.63) is 28.8 Å². The van der Waals surface area contributed by atoms with Gasteiger partial charge in [-0.15, -0.1) is 0 Å². The zero-order valence-electron chi connectivity index (χ0n) is 10.6. The lowest BCUT2D eigenvalue weighted by Crippen LogP contribution is -2.31. The van der Waals surface area contributed by atoms with E-state index in [-0.39, 0.29) is 0 Å². The first-order chi connectivity index (χ1) is 8.76. The monoisotopic (exact) mass is 263 g/mol. The third kappa shape index (κ3) is 3.16. The Morgan fingerprint density at radius 2 is 2.28 bits per heavy atom. The fourth-order valence-electron chi connectivity index (χ4n) is 2.16. The summed E-state index contributed by atoms with van der Waals surface area (Å²) in [7, 11) is 0.